The van der Waals surface area contributed by atoms with Gasteiger partial charge in [-0.3, -0.25) is 9.69 Å². The van der Waals surface area contributed by atoms with Crippen LogP contribution in [-0.4, -0.2) is 59.6 Å². The van der Waals surface area contributed by atoms with E-state index >= 15 is 0 Å². The van der Waals surface area contributed by atoms with E-state index in [0.717, 1.165) is 42.8 Å². The van der Waals surface area contributed by atoms with Gasteiger partial charge in [0.25, 0.3) is 0 Å². The number of piperazine rings is 1. The summed E-state index contributed by atoms with van der Waals surface area (Å²) in [5, 5.41) is 1.10. The Labute approximate surface area is 137 Å². The molecule has 1 fully saturated rings. The number of carbonyl (C=O) groups is 1. The summed E-state index contributed by atoms with van der Waals surface area (Å²) in [6, 6.07) is 8.53. The molecule has 3 rings (SSSR count). The van der Waals surface area contributed by atoms with Gasteiger partial charge in [-0.2, -0.15) is 0 Å². The van der Waals surface area contributed by atoms with Crippen molar-refractivity contribution in [2.24, 2.45) is 0 Å². The van der Waals surface area contributed by atoms with Gasteiger partial charge in [-0.05, 0) is 38.1 Å². The lowest BCUT2D eigenvalue weighted by atomic mass is 10.2. The predicted molar refractivity (Wildman–Crippen MR) is 91.8 cm³/mol. The van der Waals surface area contributed by atoms with Crippen molar-refractivity contribution < 1.29 is 9.53 Å². The highest BCUT2D eigenvalue weighted by molar-refractivity contribution is 5.84. The number of benzene rings is 1. The number of methoxy groups -OCH3 is 1. The van der Waals surface area contributed by atoms with Crippen LogP contribution in [0.1, 0.15) is 13.8 Å². The van der Waals surface area contributed by atoms with Crippen molar-refractivity contribution in [3.05, 3.63) is 30.5 Å². The SMILES string of the molecule is COc1ccc2c(ccn2CC(=O)N2CCN(C(C)C)CC2)c1. The summed E-state index contributed by atoms with van der Waals surface area (Å²) in [6.45, 7) is 8.39. The molecular formula is C18H25N3O2. The molecular weight excluding hydrogens is 290 g/mol. The Kier molecular flexibility index (Phi) is 4.57. The zero-order valence-electron chi connectivity index (χ0n) is 14.2. The van der Waals surface area contributed by atoms with Gasteiger partial charge in [0.1, 0.15) is 12.3 Å². The molecule has 0 saturated carbocycles. The fourth-order valence-corrected chi connectivity index (χ4v) is 3.18. The van der Waals surface area contributed by atoms with Crippen LogP contribution in [0.3, 0.4) is 0 Å². The third-order valence-electron chi connectivity index (χ3n) is 4.68. The maximum absolute atomic E-state index is 12.6. The van der Waals surface area contributed by atoms with E-state index in [2.05, 4.69) is 18.7 Å². The molecule has 124 valence electrons. The fourth-order valence-electron chi connectivity index (χ4n) is 3.18. The molecule has 0 radical (unpaired) electrons. The summed E-state index contributed by atoms with van der Waals surface area (Å²) >= 11 is 0. The Morgan fingerprint density at radius 1 is 1.17 bits per heavy atom. The zero-order chi connectivity index (χ0) is 16.4. The molecule has 0 unspecified atom stereocenters. The monoisotopic (exact) mass is 315 g/mol. The average Bonchev–Trinajstić information content (AvgIpc) is 2.97. The summed E-state index contributed by atoms with van der Waals surface area (Å²) in [5.74, 6) is 1.04. The van der Waals surface area contributed by atoms with E-state index < -0.39 is 0 Å². The Morgan fingerprint density at radius 3 is 2.57 bits per heavy atom. The van der Waals surface area contributed by atoms with Crippen LogP contribution in [0.2, 0.25) is 0 Å². The molecule has 0 aliphatic carbocycles. The third kappa shape index (κ3) is 3.34. The highest BCUT2D eigenvalue weighted by atomic mass is 16.5. The molecule has 1 aliphatic rings. The number of fused-ring (bicyclic) bond motifs is 1. The van der Waals surface area contributed by atoms with Gasteiger partial charge in [0.05, 0.1) is 7.11 Å². The minimum Gasteiger partial charge on any atom is -0.497 e. The maximum atomic E-state index is 12.6. The van der Waals surface area contributed by atoms with Crippen LogP contribution < -0.4 is 4.74 Å². The second-order valence-electron chi connectivity index (χ2n) is 6.38. The second kappa shape index (κ2) is 6.62. The van der Waals surface area contributed by atoms with Crippen molar-refractivity contribution in [2.75, 3.05) is 33.3 Å². The van der Waals surface area contributed by atoms with Crippen LogP contribution in [0.25, 0.3) is 10.9 Å². The van der Waals surface area contributed by atoms with Gasteiger partial charge in [0.15, 0.2) is 0 Å². The average molecular weight is 315 g/mol. The topological polar surface area (TPSA) is 37.7 Å². The van der Waals surface area contributed by atoms with Gasteiger partial charge in [-0.15, -0.1) is 0 Å². The maximum Gasteiger partial charge on any atom is 0.242 e. The van der Waals surface area contributed by atoms with Crippen LogP contribution in [0.4, 0.5) is 0 Å². The molecule has 1 aromatic carbocycles. The summed E-state index contributed by atoms with van der Waals surface area (Å²) in [7, 11) is 1.67. The Bertz CT molecular complexity index is 685. The highest BCUT2D eigenvalue weighted by Gasteiger charge is 2.22. The molecule has 0 N–H and O–H groups in total. The van der Waals surface area contributed by atoms with Crippen molar-refractivity contribution in [3.8, 4) is 5.75 Å². The lowest BCUT2D eigenvalue weighted by Gasteiger charge is -2.37. The van der Waals surface area contributed by atoms with Crippen molar-refractivity contribution in [3.63, 3.8) is 0 Å². The van der Waals surface area contributed by atoms with E-state index in [1.165, 1.54) is 0 Å². The Hall–Kier alpha value is -2.01. The summed E-state index contributed by atoms with van der Waals surface area (Å²) < 4.78 is 7.27. The molecule has 1 saturated heterocycles. The molecule has 2 aromatic rings. The first kappa shape index (κ1) is 15.9. The van der Waals surface area contributed by atoms with Crippen molar-refractivity contribution in [1.29, 1.82) is 0 Å². The Balaban J connectivity index is 1.67. The lowest BCUT2D eigenvalue weighted by molar-refractivity contribution is -0.133. The molecule has 1 aromatic heterocycles. The molecule has 5 heteroatoms. The van der Waals surface area contributed by atoms with E-state index in [-0.39, 0.29) is 5.91 Å². The number of rotatable bonds is 4. The summed E-state index contributed by atoms with van der Waals surface area (Å²) in [5.41, 5.74) is 1.07. The van der Waals surface area contributed by atoms with E-state index in [4.69, 9.17) is 4.74 Å². The van der Waals surface area contributed by atoms with Crippen molar-refractivity contribution >= 4 is 16.8 Å². The first-order chi connectivity index (χ1) is 11.1. The first-order valence-electron chi connectivity index (χ1n) is 8.23. The lowest BCUT2D eigenvalue weighted by Crippen LogP contribution is -2.51. The smallest absolute Gasteiger partial charge is 0.242 e. The van der Waals surface area contributed by atoms with Crippen LogP contribution >= 0.6 is 0 Å². The van der Waals surface area contributed by atoms with Gasteiger partial charge < -0.3 is 14.2 Å². The molecule has 2 heterocycles. The molecule has 1 amide bonds. The molecule has 1 aliphatic heterocycles. The molecule has 5 nitrogen and oxygen atoms in total. The van der Waals surface area contributed by atoms with Crippen molar-refractivity contribution in [1.82, 2.24) is 14.4 Å². The third-order valence-corrected chi connectivity index (χ3v) is 4.68. The van der Waals surface area contributed by atoms with Gasteiger partial charge in [0, 0.05) is 49.3 Å². The molecule has 0 spiro atoms. The summed E-state index contributed by atoms with van der Waals surface area (Å²) in [6.07, 6.45) is 1.98. The van der Waals surface area contributed by atoms with E-state index in [9.17, 15) is 4.79 Å². The number of amides is 1. The normalized spacial score (nSPS) is 16.3. The number of aromatic nitrogens is 1. The van der Waals surface area contributed by atoms with Crippen LogP contribution in [-0.2, 0) is 11.3 Å². The van der Waals surface area contributed by atoms with Crippen molar-refractivity contribution in [2.45, 2.75) is 26.4 Å². The molecule has 23 heavy (non-hydrogen) atoms. The first-order valence-corrected chi connectivity index (χ1v) is 8.23. The van der Waals surface area contributed by atoms with Gasteiger partial charge in [-0.25, -0.2) is 0 Å². The molecule has 0 bridgehead atoms. The summed E-state index contributed by atoms with van der Waals surface area (Å²) in [4.78, 5) is 17.0. The predicted octanol–water partition coefficient (Wildman–Crippen LogP) is 2.20. The number of carbonyl (C=O) groups excluding carboxylic acids is 1. The van der Waals surface area contributed by atoms with Crippen LogP contribution in [0, 0.1) is 0 Å². The quantitative estimate of drug-likeness (QED) is 0.868. The number of ether oxygens (including phenoxy) is 1. The standard InChI is InChI=1S/C18H25N3O2/c1-14(2)19-8-10-20(11-9-19)18(22)13-21-7-6-15-12-16(23-3)4-5-17(15)21/h4-7,12,14H,8-11,13H2,1-3H3. The highest BCUT2D eigenvalue weighted by Crippen LogP contribution is 2.22. The number of nitrogens with zero attached hydrogens (tertiary/aromatic N) is 3. The molecule has 0 atom stereocenters. The van der Waals surface area contributed by atoms with E-state index in [1.54, 1.807) is 7.11 Å². The fraction of sp³-hybridized carbons (Fsp3) is 0.500. The van der Waals surface area contributed by atoms with Crippen LogP contribution in [0.5, 0.6) is 5.75 Å². The minimum atomic E-state index is 0.196. The van der Waals surface area contributed by atoms with Crippen LogP contribution in [0.15, 0.2) is 30.5 Å². The second-order valence-corrected chi connectivity index (χ2v) is 6.38. The van der Waals surface area contributed by atoms with E-state index in [0.29, 0.717) is 12.6 Å². The number of hydrogen-bond donors (Lipinski definition) is 0. The van der Waals surface area contributed by atoms with Gasteiger partial charge in [0.2, 0.25) is 5.91 Å². The zero-order valence-corrected chi connectivity index (χ0v) is 14.2. The minimum absolute atomic E-state index is 0.196. The van der Waals surface area contributed by atoms with E-state index in [1.807, 2.05) is 39.9 Å². The number of hydrogen-bond acceptors (Lipinski definition) is 3. The largest absolute Gasteiger partial charge is 0.497 e. The Morgan fingerprint density at radius 2 is 1.91 bits per heavy atom. The van der Waals surface area contributed by atoms with Gasteiger partial charge in [-0.1, -0.05) is 0 Å². The van der Waals surface area contributed by atoms with Gasteiger partial charge >= 0.3 is 0 Å².